The maximum absolute atomic E-state index is 6.22. The minimum Gasteiger partial charge on any atom is -0.338 e. The molecule has 3 heterocycles. The Labute approximate surface area is 103 Å². The van der Waals surface area contributed by atoms with Gasteiger partial charge in [0.25, 0.3) is 0 Å². The normalized spacial score (nSPS) is 13.3. The molecule has 3 rings (SSSR count). The number of imidazole rings is 2. The molecule has 0 aliphatic carbocycles. The third-order valence-electron chi connectivity index (χ3n) is 2.88. The van der Waals surface area contributed by atoms with Crippen LogP contribution in [0, 0.1) is 0 Å². The molecule has 0 saturated heterocycles. The molecule has 17 heavy (non-hydrogen) atoms. The Balaban J connectivity index is 1.90. The van der Waals surface area contributed by atoms with Crippen LogP contribution in [0.2, 0.25) is 0 Å². The van der Waals surface area contributed by atoms with E-state index >= 15 is 0 Å². The Morgan fingerprint density at radius 3 is 3.06 bits per heavy atom. The molecule has 1 unspecified atom stereocenters. The van der Waals surface area contributed by atoms with Crippen LogP contribution in [0.5, 0.6) is 0 Å². The summed E-state index contributed by atoms with van der Waals surface area (Å²) in [5.41, 5.74) is 7.25. The monoisotopic (exact) mass is 247 g/mol. The van der Waals surface area contributed by atoms with Gasteiger partial charge in [-0.2, -0.15) is 0 Å². The van der Waals surface area contributed by atoms with Gasteiger partial charge in [-0.05, 0) is 0 Å². The lowest BCUT2D eigenvalue weighted by Gasteiger charge is -2.10. The predicted molar refractivity (Wildman–Crippen MR) is 66.9 cm³/mol. The van der Waals surface area contributed by atoms with Gasteiger partial charge in [0.1, 0.15) is 5.82 Å². The molecule has 5 nitrogen and oxygen atoms in total. The SMILES string of the molecule is Cn1ccnc1CC(N)c1cnc2sccn12. The summed E-state index contributed by atoms with van der Waals surface area (Å²) in [6.07, 6.45) is 8.28. The lowest BCUT2D eigenvalue weighted by molar-refractivity contribution is 0.640. The van der Waals surface area contributed by atoms with Crippen molar-refractivity contribution in [1.82, 2.24) is 18.9 Å². The first-order valence-electron chi connectivity index (χ1n) is 5.38. The molecule has 2 N–H and O–H groups in total. The highest BCUT2D eigenvalue weighted by molar-refractivity contribution is 7.15. The molecule has 0 fully saturated rings. The van der Waals surface area contributed by atoms with E-state index < -0.39 is 0 Å². The van der Waals surface area contributed by atoms with E-state index in [-0.39, 0.29) is 6.04 Å². The van der Waals surface area contributed by atoms with Gasteiger partial charge in [0.15, 0.2) is 4.96 Å². The van der Waals surface area contributed by atoms with Crippen molar-refractivity contribution < 1.29 is 0 Å². The zero-order valence-corrected chi connectivity index (χ0v) is 10.3. The number of nitrogens with zero attached hydrogens (tertiary/aromatic N) is 4. The Morgan fingerprint density at radius 1 is 1.41 bits per heavy atom. The molecule has 1 atom stereocenters. The maximum Gasteiger partial charge on any atom is 0.193 e. The van der Waals surface area contributed by atoms with E-state index in [4.69, 9.17) is 5.73 Å². The molecule has 3 aromatic heterocycles. The maximum atomic E-state index is 6.22. The van der Waals surface area contributed by atoms with Crippen LogP contribution < -0.4 is 5.73 Å². The Kier molecular flexibility index (Phi) is 2.45. The molecule has 6 heteroatoms. The largest absolute Gasteiger partial charge is 0.338 e. The quantitative estimate of drug-likeness (QED) is 0.760. The summed E-state index contributed by atoms with van der Waals surface area (Å²) in [5, 5.41) is 2.01. The highest BCUT2D eigenvalue weighted by atomic mass is 32.1. The van der Waals surface area contributed by atoms with Gasteiger partial charge in [-0.3, -0.25) is 4.40 Å². The van der Waals surface area contributed by atoms with Gasteiger partial charge in [-0.25, -0.2) is 9.97 Å². The highest BCUT2D eigenvalue weighted by Gasteiger charge is 2.14. The second-order valence-corrected chi connectivity index (χ2v) is 4.88. The number of thiazole rings is 1. The topological polar surface area (TPSA) is 61.1 Å². The fourth-order valence-electron chi connectivity index (χ4n) is 1.91. The fraction of sp³-hybridized carbons (Fsp3) is 0.273. The Bertz CT molecular complexity index is 635. The second-order valence-electron chi connectivity index (χ2n) is 4.00. The van der Waals surface area contributed by atoms with Gasteiger partial charge >= 0.3 is 0 Å². The number of hydrogen-bond acceptors (Lipinski definition) is 4. The van der Waals surface area contributed by atoms with E-state index in [1.54, 1.807) is 17.5 Å². The van der Waals surface area contributed by atoms with E-state index in [2.05, 4.69) is 9.97 Å². The van der Waals surface area contributed by atoms with Gasteiger partial charge in [0.2, 0.25) is 0 Å². The van der Waals surface area contributed by atoms with Crippen LogP contribution in [0.25, 0.3) is 4.96 Å². The predicted octanol–water partition coefficient (Wildman–Crippen LogP) is 1.37. The van der Waals surface area contributed by atoms with E-state index in [9.17, 15) is 0 Å². The number of aromatic nitrogens is 4. The van der Waals surface area contributed by atoms with Crippen molar-refractivity contribution in [3.63, 3.8) is 0 Å². The zero-order chi connectivity index (χ0) is 11.8. The highest BCUT2D eigenvalue weighted by Crippen LogP contribution is 2.19. The molecule has 0 bridgehead atoms. The average molecular weight is 247 g/mol. The molecular weight excluding hydrogens is 234 g/mol. The molecule has 0 spiro atoms. The van der Waals surface area contributed by atoms with Gasteiger partial charge in [-0.1, -0.05) is 0 Å². The van der Waals surface area contributed by atoms with Gasteiger partial charge in [-0.15, -0.1) is 11.3 Å². The summed E-state index contributed by atoms with van der Waals surface area (Å²) >= 11 is 1.61. The van der Waals surface area contributed by atoms with Crippen LogP contribution >= 0.6 is 11.3 Å². The first kappa shape index (κ1) is 10.5. The van der Waals surface area contributed by atoms with Crippen molar-refractivity contribution in [2.75, 3.05) is 0 Å². The van der Waals surface area contributed by atoms with E-state index in [0.29, 0.717) is 6.42 Å². The number of fused-ring (bicyclic) bond motifs is 1. The first-order valence-corrected chi connectivity index (χ1v) is 6.26. The average Bonchev–Trinajstić information content (AvgIpc) is 2.94. The number of hydrogen-bond donors (Lipinski definition) is 1. The smallest absolute Gasteiger partial charge is 0.193 e. The lowest BCUT2D eigenvalue weighted by atomic mass is 10.1. The third-order valence-corrected chi connectivity index (χ3v) is 3.65. The molecule has 0 saturated carbocycles. The lowest BCUT2D eigenvalue weighted by Crippen LogP contribution is -2.17. The van der Waals surface area contributed by atoms with Crippen molar-refractivity contribution in [2.45, 2.75) is 12.5 Å². The third kappa shape index (κ3) is 1.75. The Hall–Kier alpha value is -1.66. The van der Waals surface area contributed by atoms with E-state index in [1.807, 2.05) is 40.0 Å². The van der Waals surface area contributed by atoms with E-state index in [0.717, 1.165) is 16.5 Å². The summed E-state index contributed by atoms with van der Waals surface area (Å²) in [6, 6.07) is -0.0827. The van der Waals surface area contributed by atoms with Crippen LogP contribution in [0.15, 0.2) is 30.2 Å². The fourth-order valence-corrected chi connectivity index (χ4v) is 2.61. The second kappa shape index (κ2) is 3.97. The van der Waals surface area contributed by atoms with Crippen LogP contribution in [-0.4, -0.2) is 18.9 Å². The summed E-state index contributed by atoms with van der Waals surface area (Å²) in [4.78, 5) is 9.60. The molecule has 0 aromatic carbocycles. The molecule has 0 aliphatic heterocycles. The zero-order valence-electron chi connectivity index (χ0n) is 9.45. The minimum atomic E-state index is -0.0827. The van der Waals surface area contributed by atoms with Gasteiger partial charge in [0.05, 0.1) is 17.9 Å². The molecule has 0 amide bonds. The van der Waals surface area contributed by atoms with E-state index in [1.165, 1.54) is 0 Å². The van der Waals surface area contributed by atoms with Crippen LogP contribution in [0.3, 0.4) is 0 Å². The van der Waals surface area contributed by atoms with Crippen molar-refractivity contribution in [3.8, 4) is 0 Å². The van der Waals surface area contributed by atoms with Crippen LogP contribution in [0.1, 0.15) is 17.6 Å². The summed E-state index contributed by atoms with van der Waals surface area (Å²) in [6.45, 7) is 0. The minimum absolute atomic E-state index is 0.0827. The number of nitrogens with two attached hydrogens (primary N) is 1. The van der Waals surface area contributed by atoms with Crippen LogP contribution in [0.4, 0.5) is 0 Å². The number of rotatable bonds is 3. The number of aryl methyl sites for hydroxylation is 1. The standard InChI is InChI=1S/C11H13N5S/c1-15-3-2-13-10(15)6-8(12)9-7-14-11-16(9)4-5-17-11/h2-5,7-8H,6,12H2,1H3. The molecule has 0 radical (unpaired) electrons. The van der Waals surface area contributed by atoms with Crippen molar-refractivity contribution >= 4 is 16.3 Å². The molecule has 0 aliphatic rings. The Morgan fingerprint density at radius 2 is 2.29 bits per heavy atom. The van der Waals surface area contributed by atoms with Gasteiger partial charge in [0, 0.05) is 37.4 Å². The van der Waals surface area contributed by atoms with Crippen molar-refractivity contribution in [1.29, 1.82) is 0 Å². The van der Waals surface area contributed by atoms with Crippen molar-refractivity contribution in [3.05, 3.63) is 41.7 Å². The van der Waals surface area contributed by atoms with Crippen LogP contribution in [-0.2, 0) is 13.5 Å². The molecular formula is C11H13N5S. The summed E-state index contributed by atoms with van der Waals surface area (Å²) < 4.78 is 4.03. The molecule has 3 aromatic rings. The summed E-state index contributed by atoms with van der Waals surface area (Å²) in [5.74, 6) is 0.989. The van der Waals surface area contributed by atoms with Crippen molar-refractivity contribution in [2.24, 2.45) is 12.8 Å². The van der Waals surface area contributed by atoms with Gasteiger partial charge < -0.3 is 10.3 Å². The summed E-state index contributed by atoms with van der Waals surface area (Å²) in [7, 11) is 1.98. The molecule has 88 valence electrons. The first-order chi connectivity index (χ1) is 8.25.